The summed E-state index contributed by atoms with van der Waals surface area (Å²) >= 11 is 0. The van der Waals surface area contributed by atoms with Gasteiger partial charge in [0, 0.05) is 23.7 Å². The number of hydrogen-bond acceptors (Lipinski definition) is 5. The number of aromatic nitrogens is 4. The first-order valence-electron chi connectivity index (χ1n) is 8.66. The normalized spacial score (nSPS) is 16.6. The molecule has 1 atom stereocenters. The highest BCUT2D eigenvalue weighted by molar-refractivity contribution is 6.00. The van der Waals surface area contributed by atoms with E-state index in [1.807, 2.05) is 39.0 Å². The molecule has 0 aliphatic heterocycles. The Bertz CT molecular complexity index is 1000. The van der Waals surface area contributed by atoms with Crippen molar-refractivity contribution in [1.82, 2.24) is 19.7 Å². The number of carbonyl (C=O) groups excluding carboxylic acids is 1. The van der Waals surface area contributed by atoms with Gasteiger partial charge in [-0.2, -0.15) is 5.10 Å². The van der Waals surface area contributed by atoms with E-state index >= 15 is 0 Å². The van der Waals surface area contributed by atoms with Gasteiger partial charge in [-0.05, 0) is 44.9 Å². The number of aromatic hydroxyl groups is 1. The fourth-order valence-corrected chi connectivity index (χ4v) is 3.78. The summed E-state index contributed by atoms with van der Waals surface area (Å²) < 4.78 is 1.69. The molecule has 6 nitrogen and oxygen atoms in total. The van der Waals surface area contributed by atoms with Crippen molar-refractivity contribution in [3.63, 3.8) is 0 Å². The molecule has 0 spiro atoms. The van der Waals surface area contributed by atoms with Gasteiger partial charge in [0.25, 0.3) is 5.95 Å². The Morgan fingerprint density at radius 3 is 2.46 bits per heavy atom. The maximum atomic E-state index is 12.8. The summed E-state index contributed by atoms with van der Waals surface area (Å²) in [5, 5.41) is 14.8. The fraction of sp³-hybridized carbons (Fsp3) is 0.300. The number of rotatable bonds is 2. The zero-order valence-electron chi connectivity index (χ0n) is 15.0. The van der Waals surface area contributed by atoms with Crippen LogP contribution in [-0.4, -0.2) is 30.6 Å². The number of Topliss-reactive ketones (excluding diaryl/α,β-unsaturated/α-hetero) is 1. The number of fused-ring (bicyclic) bond motifs is 1. The lowest BCUT2D eigenvalue weighted by Gasteiger charge is -2.23. The second-order valence-corrected chi connectivity index (χ2v) is 6.86. The Balaban J connectivity index is 1.84. The van der Waals surface area contributed by atoms with E-state index in [2.05, 4.69) is 15.1 Å². The second kappa shape index (κ2) is 6.05. The van der Waals surface area contributed by atoms with Crippen molar-refractivity contribution < 1.29 is 9.90 Å². The van der Waals surface area contributed by atoms with Crippen LogP contribution in [0.3, 0.4) is 0 Å². The minimum Gasteiger partial charge on any atom is -0.508 e. The van der Waals surface area contributed by atoms with Crippen LogP contribution in [0.1, 0.15) is 51.0 Å². The molecule has 1 aliphatic carbocycles. The molecule has 0 fully saturated rings. The van der Waals surface area contributed by atoms with Crippen molar-refractivity contribution in [2.45, 2.75) is 39.5 Å². The first-order chi connectivity index (χ1) is 12.4. The van der Waals surface area contributed by atoms with E-state index in [4.69, 9.17) is 0 Å². The second-order valence-electron chi connectivity index (χ2n) is 6.86. The summed E-state index contributed by atoms with van der Waals surface area (Å²) in [6.45, 7) is 5.67. The van der Waals surface area contributed by atoms with Crippen LogP contribution in [0, 0.1) is 20.8 Å². The van der Waals surface area contributed by atoms with E-state index in [-0.39, 0.29) is 17.5 Å². The van der Waals surface area contributed by atoms with E-state index in [0.717, 1.165) is 22.6 Å². The van der Waals surface area contributed by atoms with Crippen LogP contribution in [0.25, 0.3) is 5.95 Å². The number of para-hydroxylation sites is 1. The molecule has 3 aromatic rings. The van der Waals surface area contributed by atoms with Crippen LogP contribution in [0.5, 0.6) is 5.75 Å². The van der Waals surface area contributed by atoms with Gasteiger partial charge in [-0.15, -0.1) is 0 Å². The van der Waals surface area contributed by atoms with Gasteiger partial charge in [0.15, 0.2) is 5.78 Å². The molecule has 0 unspecified atom stereocenters. The molecule has 1 N–H and O–H groups in total. The molecular formula is C20H20N4O2. The molecule has 6 heteroatoms. The van der Waals surface area contributed by atoms with Gasteiger partial charge in [-0.1, -0.05) is 18.2 Å². The molecule has 1 aromatic carbocycles. The van der Waals surface area contributed by atoms with Gasteiger partial charge in [-0.25, -0.2) is 14.6 Å². The first-order valence-corrected chi connectivity index (χ1v) is 8.66. The topological polar surface area (TPSA) is 80.9 Å². The molecule has 0 saturated carbocycles. The maximum Gasteiger partial charge on any atom is 0.251 e. The number of phenolic OH excluding ortho intramolecular Hbond substituents is 1. The average Bonchev–Trinajstić information content (AvgIpc) is 2.91. The van der Waals surface area contributed by atoms with Crippen molar-refractivity contribution in [2.75, 3.05) is 0 Å². The molecule has 0 radical (unpaired) electrons. The smallest absolute Gasteiger partial charge is 0.251 e. The van der Waals surface area contributed by atoms with Crippen molar-refractivity contribution in [3.05, 3.63) is 64.2 Å². The number of phenols is 1. The third-order valence-electron chi connectivity index (χ3n) is 4.84. The largest absolute Gasteiger partial charge is 0.508 e. The highest BCUT2D eigenvalue weighted by atomic mass is 16.3. The third kappa shape index (κ3) is 2.67. The minimum absolute atomic E-state index is 0.0487. The number of aryl methyl sites for hydroxylation is 3. The van der Waals surface area contributed by atoms with Gasteiger partial charge in [0.1, 0.15) is 5.75 Å². The Hall–Kier alpha value is -3.02. The van der Waals surface area contributed by atoms with Gasteiger partial charge in [0.05, 0.1) is 17.0 Å². The van der Waals surface area contributed by atoms with Crippen LogP contribution in [0.2, 0.25) is 0 Å². The molecule has 2 heterocycles. The van der Waals surface area contributed by atoms with E-state index in [1.165, 1.54) is 0 Å². The minimum atomic E-state index is -0.0862. The third-order valence-corrected chi connectivity index (χ3v) is 4.84. The van der Waals surface area contributed by atoms with Crippen LogP contribution in [0.4, 0.5) is 0 Å². The van der Waals surface area contributed by atoms with E-state index in [0.29, 0.717) is 30.0 Å². The lowest BCUT2D eigenvalue weighted by Crippen LogP contribution is -2.21. The zero-order chi connectivity index (χ0) is 18.4. The predicted octanol–water partition coefficient (Wildman–Crippen LogP) is 3.21. The number of carbonyl (C=O) groups is 1. The monoisotopic (exact) mass is 348 g/mol. The number of benzene rings is 1. The molecule has 0 amide bonds. The molecule has 2 aromatic heterocycles. The van der Waals surface area contributed by atoms with Crippen LogP contribution in [0.15, 0.2) is 30.3 Å². The number of nitrogens with zero attached hydrogens (tertiary/aromatic N) is 4. The molecule has 132 valence electrons. The van der Waals surface area contributed by atoms with Crippen molar-refractivity contribution in [1.29, 1.82) is 0 Å². The van der Waals surface area contributed by atoms with E-state index in [9.17, 15) is 9.90 Å². The Morgan fingerprint density at radius 1 is 1.08 bits per heavy atom. The average molecular weight is 348 g/mol. The van der Waals surface area contributed by atoms with Gasteiger partial charge >= 0.3 is 0 Å². The molecule has 0 bridgehead atoms. The maximum absolute atomic E-state index is 12.8. The highest BCUT2D eigenvalue weighted by Crippen LogP contribution is 2.37. The summed E-state index contributed by atoms with van der Waals surface area (Å²) in [5.74, 6) is 0.668. The van der Waals surface area contributed by atoms with Crippen molar-refractivity contribution in [2.24, 2.45) is 0 Å². The quantitative estimate of drug-likeness (QED) is 0.769. The Labute approximate surface area is 151 Å². The first kappa shape index (κ1) is 16.4. The number of hydrogen-bond donors (Lipinski definition) is 1. The van der Waals surface area contributed by atoms with Gasteiger partial charge in [-0.3, -0.25) is 4.79 Å². The summed E-state index contributed by atoms with van der Waals surface area (Å²) in [6.07, 6.45) is 0.973. The van der Waals surface area contributed by atoms with E-state index in [1.54, 1.807) is 16.8 Å². The predicted molar refractivity (Wildman–Crippen MR) is 96.9 cm³/mol. The van der Waals surface area contributed by atoms with Crippen molar-refractivity contribution in [3.8, 4) is 11.7 Å². The summed E-state index contributed by atoms with van der Waals surface area (Å²) in [4.78, 5) is 21.8. The van der Waals surface area contributed by atoms with Gasteiger partial charge in [0.2, 0.25) is 0 Å². The number of ketones is 1. The summed E-state index contributed by atoms with van der Waals surface area (Å²) in [6, 6.07) is 9.10. The molecular weight excluding hydrogens is 328 g/mol. The summed E-state index contributed by atoms with van der Waals surface area (Å²) in [7, 11) is 0. The van der Waals surface area contributed by atoms with E-state index < -0.39 is 0 Å². The highest BCUT2D eigenvalue weighted by Gasteiger charge is 2.33. The SMILES string of the molecule is Cc1cc(C)nc(-n2nc(C)c3c2C[C@@H](c2ccccc2O)CC3=O)n1. The lowest BCUT2D eigenvalue weighted by atomic mass is 9.81. The Morgan fingerprint density at radius 2 is 1.77 bits per heavy atom. The molecule has 0 saturated heterocycles. The lowest BCUT2D eigenvalue weighted by molar-refractivity contribution is 0.0963. The van der Waals surface area contributed by atoms with Crippen LogP contribution < -0.4 is 0 Å². The van der Waals surface area contributed by atoms with Crippen LogP contribution >= 0.6 is 0 Å². The summed E-state index contributed by atoms with van der Waals surface area (Å²) in [5.41, 5.74) is 4.68. The standard InChI is InChI=1S/C20H20N4O2/c1-11-8-12(2)22-20(21-11)24-16-9-14(15-6-4-5-7-17(15)25)10-18(26)19(16)13(3)23-24/h4-8,14,25H,9-10H2,1-3H3/t14-/m1/s1. The molecule has 26 heavy (non-hydrogen) atoms. The van der Waals surface area contributed by atoms with Crippen LogP contribution in [-0.2, 0) is 6.42 Å². The molecule has 4 rings (SSSR count). The Kier molecular flexibility index (Phi) is 3.83. The molecule has 1 aliphatic rings. The van der Waals surface area contributed by atoms with Crippen molar-refractivity contribution >= 4 is 5.78 Å². The van der Waals surface area contributed by atoms with Gasteiger partial charge < -0.3 is 5.11 Å². The fourth-order valence-electron chi connectivity index (χ4n) is 3.78. The zero-order valence-corrected chi connectivity index (χ0v) is 15.0.